The van der Waals surface area contributed by atoms with Gasteiger partial charge in [0, 0.05) is 13.0 Å². The lowest BCUT2D eigenvalue weighted by molar-refractivity contribution is 0.0690. The molecule has 0 spiro atoms. The lowest BCUT2D eigenvalue weighted by Crippen LogP contribution is -2.10. The Hall–Kier alpha value is -2.31. The van der Waals surface area contributed by atoms with E-state index in [4.69, 9.17) is 5.11 Å². The summed E-state index contributed by atoms with van der Waals surface area (Å²) in [6, 6.07) is 1.06. The van der Waals surface area contributed by atoms with Crippen molar-refractivity contribution in [2.75, 3.05) is 0 Å². The van der Waals surface area contributed by atoms with Crippen LogP contribution in [0.15, 0.2) is 12.3 Å². The molecule has 0 amide bonds. The van der Waals surface area contributed by atoms with Gasteiger partial charge >= 0.3 is 5.97 Å². The normalized spacial score (nSPS) is 10.6. The summed E-state index contributed by atoms with van der Waals surface area (Å²) in [4.78, 5) is 25.5. The molecule has 0 aliphatic heterocycles. The van der Waals surface area contributed by atoms with Crippen LogP contribution in [0.4, 0.5) is 4.39 Å². The number of hydrogen-bond donors (Lipinski definition) is 1. The highest BCUT2D eigenvalue weighted by Gasteiger charge is 2.16. The van der Waals surface area contributed by atoms with Gasteiger partial charge in [0.05, 0.1) is 6.20 Å². The number of carbonyl (C=O) groups is 2. The molecule has 6 nitrogen and oxygen atoms in total. The summed E-state index contributed by atoms with van der Waals surface area (Å²) in [5.41, 5.74) is -0.687. The number of aromatic nitrogens is 3. The zero-order valence-electron chi connectivity index (χ0n) is 8.14. The molecular formula is C9H6FN3O3. The van der Waals surface area contributed by atoms with Gasteiger partial charge in [-0.2, -0.15) is 5.10 Å². The van der Waals surface area contributed by atoms with Gasteiger partial charge in [-0.1, -0.05) is 0 Å². The molecule has 0 saturated carbocycles. The van der Waals surface area contributed by atoms with E-state index in [9.17, 15) is 14.0 Å². The molecule has 7 heteroatoms. The highest BCUT2D eigenvalue weighted by Crippen LogP contribution is 2.11. The van der Waals surface area contributed by atoms with E-state index >= 15 is 0 Å². The Morgan fingerprint density at radius 3 is 2.75 bits per heavy atom. The van der Waals surface area contributed by atoms with Crippen LogP contribution in [-0.2, 0) is 0 Å². The Labute approximate surface area is 88.3 Å². The van der Waals surface area contributed by atoms with Crippen LogP contribution in [0.3, 0.4) is 0 Å². The van der Waals surface area contributed by atoms with Crippen molar-refractivity contribution in [2.45, 2.75) is 6.92 Å². The van der Waals surface area contributed by atoms with Crippen LogP contribution in [0.1, 0.15) is 27.9 Å². The topological polar surface area (TPSA) is 84.6 Å². The smallest absolute Gasteiger partial charge is 0.354 e. The summed E-state index contributed by atoms with van der Waals surface area (Å²) in [6.45, 7) is 1.24. The van der Waals surface area contributed by atoms with E-state index < -0.39 is 23.3 Å². The minimum Gasteiger partial charge on any atom is -0.477 e. The van der Waals surface area contributed by atoms with E-state index in [1.807, 2.05) is 0 Å². The average molecular weight is 223 g/mol. The Balaban J connectivity index is 2.86. The van der Waals surface area contributed by atoms with E-state index in [1.54, 1.807) is 0 Å². The number of nitrogens with zero attached hydrogens (tertiary/aromatic N) is 3. The Kier molecular flexibility index (Phi) is 2.15. The first-order valence-electron chi connectivity index (χ1n) is 4.29. The van der Waals surface area contributed by atoms with Crippen molar-refractivity contribution in [2.24, 2.45) is 0 Å². The molecule has 2 rings (SSSR count). The number of fused-ring (bicyclic) bond motifs is 1. The van der Waals surface area contributed by atoms with Gasteiger partial charge in [-0.3, -0.25) is 4.79 Å². The average Bonchev–Trinajstić information content (AvgIpc) is 2.59. The van der Waals surface area contributed by atoms with Gasteiger partial charge in [0.2, 0.25) is 0 Å². The number of carboxylic acids is 1. The molecule has 16 heavy (non-hydrogen) atoms. The Bertz CT molecular complexity index is 605. The number of carbonyl (C=O) groups excluding carboxylic acids is 1. The largest absolute Gasteiger partial charge is 0.477 e. The second kappa shape index (κ2) is 3.37. The van der Waals surface area contributed by atoms with E-state index in [0.29, 0.717) is 0 Å². The molecule has 0 fully saturated rings. The van der Waals surface area contributed by atoms with Crippen LogP contribution in [0.5, 0.6) is 0 Å². The molecule has 2 aromatic rings. The maximum absolute atomic E-state index is 13.2. The van der Waals surface area contributed by atoms with Crippen molar-refractivity contribution >= 4 is 17.4 Å². The lowest BCUT2D eigenvalue weighted by atomic mass is 10.2. The van der Waals surface area contributed by atoms with E-state index in [1.165, 1.54) is 6.92 Å². The van der Waals surface area contributed by atoms with Crippen molar-refractivity contribution in [3.8, 4) is 0 Å². The van der Waals surface area contributed by atoms with Crippen LogP contribution >= 0.6 is 0 Å². The number of rotatable bonds is 2. The third-order valence-electron chi connectivity index (χ3n) is 2.01. The van der Waals surface area contributed by atoms with Crippen LogP contribution in [0.25, 0.3) is 5.65 Å². The zero-order chi connectivity index (χ0) is 11.9. The second-order valence-electron chi connectivity index (χ2n) is 3.12. The lowest BCUT2D eigenvalue weighted by Gasteiger charge is -2.01. The van der Waals surface area contributed by atoms with Gasteiger partial charge in [-0.15, -0.1) is 0 Å². The van der Waals surface area contributed by atoms with Crippen molar-refractivity contribution in [3.05, 3.63) is 29.5 Å². The number of aromatic carboxylic acids is 1. The van der Waals surface area contributed by atoms with Gasteiger partial charge in [0.15, 0.2) is 22.9 Å². The molecular weight excluding hydrogens is 217 g/mol. The molecule has 0 bridgehead atoms. The van der Waals surface area contributed by atoms with Gasteiger partial charge in [-0.25, -0.2) is 18.7 Å². The molecule has 0 unspecified atom stereocenters. The fourth-order valence-electron chi connectivity index (χ4n) is 1.30. The summed E-state index contributed by atoms with van der Waals surface area (Å²) >= 11 is 0. The van der Waals surface area contributed by atoms with Gasteiger partial charge in [0.1, 0.15) is 5.69 Å². The molecule has 82 valence electrons. The minimum absolute atomic E-state index is 0.0219. The predicted octanol–water partition coefficient (Wildman–Crippen LogP) is 0.769. The zero-order valence-corrected chi connectivity index (χ0v) is 8.14. The Morgan fingerprint density at radius 2 is 2.19 bits per heavy atom. The van der Waals surface area contributed by atoms with Crippen LogP contribution in [0.2, 0.25) is 0 Å². The SMILES string of the molecule is CC(=O)c1cc(C(=O)O)nc2c(F)cnn12. The minimum atomic E-state index is -1.33. The maximum atomic E-state index is 13.2. The second-order valence-corrected chi connectivity index (χ2v) is 3.12. The molecule has 1 N–H and O–H groups in total. The number of halogens is 1. The molecule has 0 radical (unpaired) electrons. The van der Waals surface area contributed by atoms with E-state index in [2.05, 4.69) is 10.1 Å². The quantitative estimate of drug-likeness (QED) is 0.760. The molecule has 2 heterocycles. The summed E-state index contributed by atoms with van der Waals surface area (Å²) in [5.74, 6) is -2.52. The van der Waals surface area contributed by atoms with Crippen LogP contribution < -0.4 is 0 Å². The summed E-state index contributed by atoms with van der Waals surface area (Å²) < 4.78 is 14.2. The molecule has 0 aliphatic rings. The highest BCUT2D eigenvalue weighted by molar-refractivity contribution is 5.95. The maximum Gasteiger partial charge on any atom is 0.354 e. The van der Waals surface area contributed by atoms with Crippen molar-refractivity contribution in [3.63, 3.8) is 0 Å². The monoisotopic (exact) mass is 223 g/mol. The predicted molar refractivity (Wildman–Crippen MR) is 49.9 cm³/mol. The van der Waals surface area contributed by atoms with Crippen molar-refractivity contribution in [1.82, 2.24) is 14.6 Å². The number of hydrogen-bond acceptors (Lipinski definition) is 4. The van der Waals surface area contributed by atoms with Crippen LogP contribution in [-0.4, -0.2) is 31.5 Å². The van der Waals surface area contributed by atoms with Gasteiger partial charge < -0.3 is 5.11 Å². The number of carboxylic acid groups (broad SMARTS) is 1. The first-order valence-corrected chi connectivity index (χ1v) is 4.29. The molecule has 0 aromatic carbocycles. The molecule has 0 atom stereocenters. The summed E-state index contributed by atoms with van der Waals surface area (Å²) in [7, 11) is 0. The van der Waals surface area contributed by atoms with E-state index in [0.717, 1.165) is 16.8 Å². The number of Topliss-reactive ketones (excluding diaryl/α,β-unsaturated/α-hetero) is 1. The number of ketones is 1. The third kappa shape index (κ3) is 1.42. The fraction of sp³-hybridized carbons (Fsp3) is 0.111. The first kappa shape index (κ1) is 10.2. The summed E-state index contributed by atoms with van der Waals surface area (Å²) in [5, 5.41) is 12.4. The highest BCUT2D eigenvalue weighted by atomic mass is 19.1. The molecule has 0 aliphatic carbocycles. The fourth-order valence-corrected chi connectivity index (χ4v) is 1.30. The molecule has 2 aromatic heterocycles. The first-order chi connectivity index (χ1) is 7.50. The van der Waals surface area contributed by atoms with Crippen molar-refractivity contribution in [1.29, 1.82) is 0 Å². The van der Waals surface area contributed by atoms with Gasteiger partial charge in [0.25, 0.3) is 0 Å². The summed E-state index contributed by atoms with van der Waals surface area (Å²) in [6.07, 6.45) is 0.875. The van der Waals surface area contributed by atoms with Crippen molar-refractivity contribution < 1.29 is 19.1 Å². The molecule has 0 saturated heterocycles. The van der Waals surface area contributed by atoms with Crippen LogP contribution in [0, 0.1) is 5.82 Å². The standard InChI is InChI=1S/C9H6FN3O3/c1-4(14)7-2-6(9(15)16)12-8-5(10)3-11-13(7)8/h2-3H,1H3,(H,15,16). The third-order valence-corrected chi connectivity index (χ3v) is 2.01. The van der Waals surface area contributed by atoms with Gasteiger partial charge in [-0.05, 0) is 0 Å². The van der Waals surface area contributed by atoms with E-state index in [-0.39, 0.29) is 11.3 Å². The Morgan fingerprint density at radius 1 is 1.50 bits per heavy atom.